The standard InChI is InChI=1S/C26H20BrN3O5/c1-2-35-26(34)17-9-13-19(14-10-17)30-24(32)21-6-4-3-5-20(21)22(25(30)33)15-28-29-23(31)16-7-11-18(27)12-8-16/h3-15,33H,2H2,1H3,(H,29,31)/b28-15-. The topological polar surface area (TPSA) is 110 Å². The van der Waals surface area contributed by atoms with Gasteiger partial charge in [-0.15, -0.1) is 0 Å². The third kappa shape index (κ3) is 4.99. The first kappa shape index (κ1) is 23.9. The summed E-state index contributed by atoms with van der Waals surface area (Å²) >= 11 is 3.32. The van der Waals surface area contributed by atoms with Gasteiger partial charge in [0.05, 0.1) is 29.6 Å². The number of halogens is 1. The van der Waals surface area contributed by atoms with Crippen molar-refractivity contribution in [3.05, 3.63) is 104 Å². The first-order valence-electron chi connectivity index (χ1n) is 10.6. The molecule has 0 unspecified atom stereocenters. The largest absolute Gasteiger partial charge is 0.494 e. The molecule has 0 saturated heterocycles. The van der Waals surface area contributed by atoms with Gasteiger partial charge in [0, 0.05) is 20.8 Å². The van der Waals surface area contributed by atoms with E-state index in [4.69, 9.17) is 4.74 Å². The first-order chi connectivity index (χ1) is 16.9. The molecule has 0 saturated carbocycles. The lowest BCUT2D eigenvalue weighted by atomic mass is 10.1. The minimum Gasteiger partial charge on any atom is -0.494 e. The van der Waals surface area contributed by atoms with E-state index in [0.29, 0.717) is 27.6 Å². The fraction of sp³-hybridized carbons (Fsp3) is 0.0769. The van der Waals surface area contributed by atoms with Gasteiger partial charge in [0.2, 0.25) is 5.88 Å². The minimum atomic E-state index is -0.483. The zero-order valence-corrected chi connectivity index (χ0v) is 20.2. The zero-order chi connectivity index (χ0) is 24.9. The normalized spacial score (nSPS) is 11.0. The molecule has 4 rings (SSSR count). The van der Waals surface area contributed by atoms with Crippen LogP contribution in [0.1, 0.15) is 33.2 Å². The Balaban J connectivity index is 1.73. The lowest BCUT2D eigenvalue weighted by molar-refractivity contribution is 0.0526. The van der Waals surface area contributed by atoms with Crippen molar-refractivity contribution < 1.29 is 19.4 Å². The lowest BCUT2D eigenvalue weighted by Gasteiger charge is -2.14. The van der Waals surface area contributed by atoms with Crippen LogP contribution in [-0.2, 0) is 4.74 Å². The molecule has 0 bridgehead atoms. The number of nitrogens with zero attached hydrogens (tertiary/aromatic N) is 2. The van der Waals surface area contributed by atoms with E-state index >= 15 is 0 Å². The van der Waals surface area contributed by atoms with Crippen molar-refractivity contribution in [3.63, 3.8) is 0 Å². The molecule has 0 aliphatic rings. The van der Waals surface area contributed by atoms with E-state index in [2.05, 4.69) is 26.5 Å². The molecule has 1 amide bonds. The molecule has 8 nitrogen and oxygen atoms in total. The molecule has 0 spiro atoms. The minimum absolute atomic E-state index is 0.241. The Morgan fingerprint density at radius 1 is 1.00 bits per heavy atom. The monoisotopic (exact) mass is 533 g/mol. The average Bonchev–Trinajstić information content (AvgIpc) is 2.87. The maximum Gasteiger partial charge on any atom is 0.338 e. The molecule has 0 aliphatic heterocycles. The van der Waals surface area contributed by atoms with Gasteiger partial charge in [0.25, 0.3) is 11.5 Å². The van der Waals surface area contributed by atoms with Crippen LogP contribution in [0.2, 0.25) is 0 Å². The molecule has 0 aliphatic carbocycles. The van der Waals surface area contributed by atoms with Crippen LogP contribution in [-0.4, -0.2) is 34.4 Å². The molecular formula is C26H20BrN3O5. The molecule has 0 atom stereocenters. The summed E-state index contributed by atoms with van der Waals surface area (Å²) in [5, 5.41) is 15.9. The predicted molar refractivity (Wildman–Crippen MR) is 136 cm³/mol. The molecule has 2 N–H and O–H groups in total. The molecule has 0 radical (unpaired) electrons. The highest BCUT2D eigenvalue weighted by molar-refractivity contribution is 9.10. The van der Waals surface area contributed by atoms with Crippen molar-refractivity contribution in [1.82, 2.24) is 9.99 Å². The van der Waals surface area contributed by atoms with Crippen molar-refractivity contribution in [2.45, 2.75) is 6.92 Å². The van der Waals surface area contributed by atoms with Gasteiger partial charge in [-0.3, -0.25) is 9.59 Å². The van der Waals surface area contributed by atoms with Gasteiger partial charge in [-0.2, -0.15) is 5.10 Å². The lowest BCUT2D eigenvalue weighted by Crippen LogP contribution is -2.21. The van der Waals surface area contributed by atoms with Crippen molar-refractivity contribution in [2.24, 2.45) is 5.10 Å². The highest BCUT2D eigenvalue weighted by atomic mass is 79.9. The Bertz CT molecular complexity index is 1490. The third-order valence-electron chi connectivity index (χ3n) is 5.21. The van der Waals surface area contributed by atoms with Gasteiger partial charge in [0.1, 0.15) is 0 Å². The third-order valence-corrected chi connectivity index (χ3v) is 5.73. The number of hydrogen-bond donors (Lipinski definition) is 2. The predicted octanol–water partition coefficient (Wildman–Crippen LogP) is 4.40. The number of hydrogen-bond acceptors (Lipinski definition) is 6. The van der Waals surface area contributed by atoms with Crippen LogP contribution >= 0.6 is 15.9 Å². The number of pyridine rings is 1. The van der Waals surface area contributed by atoms with Crippen molar-refractivity contribution in [3.8, 4) is 11.6 Å². The van der Waals surface area contributed by atoms with Crippen LogP contribution in [0.5, 0.6) is 5.88 Å². The molecule has 4 aromatic rings. The van der Waals surface area contributed by atoms with E-state index in [0.717, 1.165) is 9.04 Å². The van der Waals surface area contributed by atoms with Crippen LogP contribution in [0.15, 0.2) is 87.2 Å². The van der Waals surface area contributed by atoms with E-state index < -0.39 is 17.4 Å². The number of fused-ring (bicyclic) bond motifs is 1. The number of esters is 1. The van der Waals surface area contributed by atoms with E-state index in [9.17, 15) is 19.5 Å². The summed E-state index contributed by atoms with van der Waals surface area (Å²) in [5.41, 5.74) is 3.30. The van der Waals surface area contributed by atoms with Crippen LogP contribution in [0.25, 0.3) is 16.5 Å². The molecule has 3 aromatic carbocycles. The van der Waals surface area contributed by atoms with E-state index in [1.807, 2.05) is 0 Å². The molecule has 0 fully saturated rings. The maximum absolute atomic E-state index is 13.2. The second-order valence-electron chi connectivity index (χ2n) is 7.40. The van der Waals surface area contributed by atoms with E-state index in [1.165, 1.54) is 18.3 Å². The number of nitrogens with one attached hydrogen (secondary N) is 1. The summed E-state index contributed by atoms with van der Waals surface area (Å²) in [6.45, 7) is 1.95. The molecular weight excluding hydrogens is 514 g/mol. The van der Waals surface area contributed by atoms with Crippen molar-refractivity contribution in [1.29, 1.82) is 0 Å². The Hall–Kier alpha value is -4.24. The van der Waals surface area contributed by atoms with Crippen LogP contribution in [0.3, 0.4) is 0 Å². The number of aromatic hydroxyl groups is 1. The SMILES string of the molecule is CCOC(=O)c1ccc(-n2c(O)c(/C=N\NC(=O)c3ccc(Br)cc3)c3ccccc3c2=O)cc1. The summed E-state index contributed by atoms with van der Waals surface area (Å²) in [7, 11) is 0. The van der Waals surface area contributed by atoms with E-state index in [-0.39, 0.29) is 18.1 Å². The van der Waals surface area contributed by atoms with Crippen LogP contribution in [0.4, 0.5) is 0 Å². The summed E-state index contributed by atoms with van der Waals surface area (Å²) in [6.07, 6.45) is 1.29. The van der Waals surface area contributed by atoms with Gasteiger partial charge < -0.3 is 9.84 Å². The summed E-state index contributed by atoms with van der Waals surface area (Å²) in [5.74, 6) is -1.27. The number of hydrazone groups is 1. The number of ether oxygens (including phenoxy) is 1. The number of carbonyl (C=O) groups excluding carboxylic acids is 2. The van der Waals surface area contributed by atoms with Crippen LogP contribution < -0.4 is 11.0 Å². The van der Waals surface area contributed by atoms with Crippen molar-refractivity contribution in [2.75, 3.05) is 6.61 Å². The smallest absolute Gasteiger partial charge is 0.338 e. The number of amides is 1. The van der Waals surface area contributed by atoms with Gasteiger partial charge in [-0.05, 0) is 61.5 Å². The molecule has 176 valence electrons. The number of aromatic nitrogens is 1. The first-order valence-corrected chi connectivity index (χ1v) is 11.4. The Morgan fingerprint density at radius 2 is 1.63 bits per heavy atom. The molecule has 9 heteroatoms. The van der Waals surface area contributed by atoms with Gasteiger partial charge in [-0.25, -0.2) is 14.8 Å². The highest BCUT2D eigenvalue weighted by Crippen LogP contribution is 2.26. The average molecular weight is 534 g/mol. The molecule has 1 aromatic heterocycles. The summed E-state index contributed by atoms with van der Waals surface area (Å²) in [6, 6.07) is 19.6. The fourth-order valence-electron chi connectivity index (χ4n) is 3.51. The van der Waals surface area contributed by atoms with Gasteiger partial charge >= 0.3 is 5.97 Å². The van der Waals surface area contributed by atoms with Crippen LogP contribution in [0, 0.1) is 0 Å². The van der Waals surface area contributed by atoms with Gasteiger partial charge in [-0.1, -0.05) is 34.1 Å². The van der Waals surface area contributed by atoms with E-state index in [1.54, 1.807) is 67.6 Å². The summed E-state index contributed by atoms with van der Waals surface area (Å²) < 4.78 is 6.95. The maximum atomic E-state index is 13.2. The fourth-order valence-corrected chi connectivity index (χ4v) is 3.78. The molecule has 1 heterocycles. The second-order valence-corrected chi connectivity index (χ2v) is 8.31. The Morgan fingerprint density at radius 3 is 2.29 bits per heavy atom. The zero-order valence-electron chi connectivity index (χ0n) is 18.6. The van der Waals surface area contributed by atoms with Gasteiger partial charge in [0.15, 0.2) is 0 Å². The number of carbonyl (C=O) groups is 2. The molecule has 35 heavy (non-hydrogen) atoms. The highest BCUT2D eigenvalue weighted by Gasteiger charge is 2.17. The second kappa shape index (κ2) is 10.4. The van der Waals surface area contributed by atoms with Crippen molar-refractivity contribution >= 4 is 44.8 Å². The number of rotatable bonds is 6. The summed E-state index contributed by atoms with van der Waals surface area (Å²) in [4.78, 5) is 37.5. The quantitative estimate of drug-likeness (QED) is 0.217. The Labute approximate surface area is 208 Å². The Kier molecular flexibility index (Phi) is 7.07. The number of benzene rings is 3.